The van der Waals surface area contributed by atoms with Crippen LogP contribution < -0.4 is 15.2 Å². The highest BCUT2D eigenvalue weighted by molar-refractivity contribution is 6.08. The zero-order valence-electron chi connectivity index (χ0n) is 20.0. The van der Waals surface area contributed by atoms with E-state index in [-0.39, 0.29) is 41.8 Å². The van der Waals surface area contributed by atoms with Crippen LogP contribution in [0.25, 0.3) is 10.8 Å². The number of carbonyl (C=O) groups excluding carboxylic acids is 1. The Hall–Kier alpha value is -2.91. The summed E-state index contributed by atoms with van der Waals surface area (Å²) < 4.78 is 17.1. The van der Waals surface area contributed by atoms with E-state index in [1.165, 1.54) is 13.2 Å². The molecule has 0 aliphatic carbocycles. The molecule has 1 fully saturated rings. The van der Waals surface area contributed by atoms with Crippen molar-refractivity contribution in [1.29, 1.82) is 0 Å². The van der Waals surface area contributed by atoms with Gasteiger partial charge >= 0.3 is 0 Å². The van der Waals surface area contributed by atoms with E-state index in [1.807, 2.05) is 0 Å². The van der Waals surface area contributed by atoms with Crippen LogP contribution >= 0.6 is 0 Å². The van der Waals surface area contributed by atoms with E-state index in [0.29, 0.717) is 23.1 Å². The third kappa shape index (κ3) is 4.74. The summed E-state index contributed by atoms with van der Waals surface area (Å²) in [7, 11) is 1.44. The molecular formula is C26H31NO9. The third-order valence-electron chi connectivity index (χ3n) is 6.81. The quantitative estimate of drug-likeness (QED) is 0.322. The lowest BCUT2D eigenvalue weighted by molar-refractivity contribution is -0.291. The standard InChI is InChI=1S/C26H31NO9/c1-12-9-14-10-15(34-2)11-17-19(14)21(30)18(12)16(28)6-4-3-5-13(7-8-27)20(29)25-23(32)22(31)24(33)26(35-17)36-25/h9-11,13,20,22-26,29-33H,5-8,27H2,1-2H3. The number of aryl methyl sites for hydroxylation is 1. The average Bonchev–Trinajstić information content (AvgIpc) is 2.84. The van der Waals surface area contributed by atoms with Crippen molar-refractivity contribution in [3.63, 3.8) is 0 Å². The molecule has 2 aromatic rings. The third-order valence-corrected chi connectivity index (χ3v) is 6.81. The Balaban J connectivity index is 1.91. The van der Waals surface area contributed by atoms with Crippen molar-refractivity contribution in [1.82, 2.24) is 0 Å². The molecule has 7 unspecified atom stereocenters. The minimum Gasteiger partial charge on any atom is -0.506 e. The van der Waals surface area contributed by atoms with Crippen molar-refractivity contribution >= 4 is 16.6 Å². The van der Waals surface area contributed by atoms with E-state index in [2.05, 4.69) is 11.8 Å². The van der Waals surface area contributed by atoms with Crippen molar-refractivity contribution in [2.24, 2.45) is 11.7 Å². The molecule has 0 amide bonds. The number of nitrogens with two attached hydrogens (primary N) is 1. The van der Waals surface area contributed by atoms with Crippen LogP contribution in [0, 0.1) is 24.7 Å². The number of phenols is 1. The SMILES string of the molecule is COc1cc2c3c(O)c(c(C)cc3c1)C(=O)CC#CCC(CCN)C(O)C1OC(O2)C(O)C(O)C1O. The van der Waals surface area contributed by atoms with Crippen molar-refractivity contribution in [3.05, 3.63) is 29.3 Å². The first-order valence-corrected chi connectivity index (χ1v) is 11.8. The van der Waals surface area contributed by atoms with E-state index in [1.54, 1.807) is 19.1 Å². The lowest BCUT2D eigenvalue weighted by Gasteiger charge is -2.43. The highest BCUT2D eigenvalue weighted by Gasteiger charge is 2.49. The highest BCUT2D eigenvalue weighted by Crippen LogP contribution is 2.42. The number of aliphatic hydroxyl groups is 4. The van der Waals surface area contributed by atoms with Gasteiger partial charge in [-0.2, -0.15) is 0 Å². The molecule has 194 valence electrons. The summed E-state index contributed by atoms with van der Waals surface area (Å²) in [5.41, 5.74) is 6.32. The second-order valence-electron chi connectivity index (χ2n) is 9.19. The molecule has 0 spiro atoms. The monoisotopic (exact) mass is 501 g/mol. The van der Waals surface area contributed by atoms with Crippen LogP contribution in [-0.2, 0) is 4.74 Å². The summed E-state index contributed by atoms with van der Waals surface area (Å²) in [6.45, 7) is 1.91. The molecule has 10 heteroatoms. The van der Waals surface area contributed by atoms with Crippen LogP contribution in [0.2, 0.25) is 0 Å². The van der Waals surface area contributed by atoms with Crippen molar-refractivity contribution < 1.29 is 44.5 Å². The summed E-state index contributed by atoms with van der Waals surface area (Å²) in [5, 5.41) is 54.7. The Morgan fingerprint density at radius 1 is 1.08 bits per heavy atom. The normalized spacial score (nSPS) is 30.6. The summed E-state index contributed by atoms with van der Waals surface area (Å²) in [6.07, 6.45) is -8.88. The van der Waals surface area contributed by atoms with Gasteiger partial charge in [-0.15, -0.1) is 5.92 Å². The van der Waals surface area contributed by atoms with E-state index in [0.717, 1.165) is 0 Å². The molecule has 4 bridgehead atoms. The van der Waals surface area contributed by atoms with Gasteiger partial charge < -0.3 is 45.5 Å². The van der Waals surface area contributed by atoms with Gasteiger partial charge in [0.25, 0.3) is 0 Å². The number of hydrogen-bond donors (Lipinski definition) is 6. The number of fused-ring (bicyclic) bond motifs is 3. The van der Waals surface area contributed by atoms with Crippen LogP contribution in [0.1, 0.15) is 35.2 Å². The molecular weight excluding hydrogens is 470 g/mol. The van der Waals surface area contributed by atoms with Gasteiger partial charge in [-0.3, -0.25) is 4.79 Å². The number of ketones is 1. The first-order valence-electron chi connectivity index (χ1n) is 11.8. The number of aliphatic hydroxyl groups excluding tert-OH is 4. The van der Waals surface area contributed by atoms with Crippen LogP contribution in [0.4, 0.5) is 0 Å². The van der Waals surface area contributed by atoms with E-state index < -0.39 is 48.5 Å². The van der Waals surface area contributed by atoms with Crippen molar-refractivity contribution in [2.45, 2.75) is 63.0 Å². The van der Waals surface area contributed by atoms with Gasteiger partial charge in [-0.1, -0.05) is 12.0 Å². The van der Waals surface area contributed by atoms with Gasteiger partial charge in [0, 0.05) is 12.5 Å². The fourth-order valence-electron chi connectivity index (χ4n) is 4.85. The smallest absolute Gasteiger partial charge is 0.229 e. The number of carbonyl (C=O) groups is 1. The first-order chi connectivity index (χ1) is 17.2. The molecule has 7 atom stereocenters. The summed E-state index contributed by atoms with van der Waals surface area (Å²) in [5.74, 6) is 4.78. The molecule has 2 heterocycles. The van der Waals surface area contributed by atoms with Gasteiger partial charge in [-0.25, -0.2) is 0 Å². The molecule has 4 rings (SSSR count). The topological polar surface area (TPSA) is 172 Å². The number of ether oxygens (including phenoxy) is 3. The van der Waals surface area contributed by atoms with Crippen molar-refractivity contribution in [3.8, 4) is 29.1 Å². The zero-order chi connectivity index (χ0) is 26.1. The largest absolute Gasteiger partial charge is 0.506 e. The minimum absolute atomic E-state index is 0.0104. The second-order valence-corrected chi connectivity index (χ2v) is 9.19. The predicted molar refractivity (Wildman–Crippen MR) is 129 cm³/mol. The van der Waals surface area contributed by atoms with Crippen LogP contribution in [0.15, 0.2) is 18.2 Å². The number of aromatic hydroxyl groups is 1. The van der Waals surface area contributed by atoms with Crippen LogP contribution in [0.5, 0.6) is 17.2 Å². The van der Waals surface area contributed by atoms with E-state index in [4.69, 9.17) is 19.9 Å². The van der Waals surface area contributed by atoms with Crippen molar-refractivity contribution in [2.75, 3.05) is 13.7 Å². The second kappa shape index (κ2) is 10.6. The van der Waals surface area contributed by atoms with Gasteiger partial charge in [-0.05, 0) is 42.8 Å². The predicted octanol–water partition coefficient (Wildman–Crippen LogP) is 0.355. The minimum atomic E-state index is -1.70. The molecule has 2 aliphatic heterocycles. The molecule has 2 aliphatic rings. The summed E-state index contributed by atoms with van der Waals surface area (Å²) in [4.78, 5) is 13.0. The van der Waals surface area contributed by atoms with E-state index >= 15 is 0 Å². The first kappa shape index (κ1) is 26.2. The molecule has 2 aromatic carbocycles. The Morgan fingerprint density at radius 2 is 1.83 bits per heavy atom. The number of phenolic OH excluding ortho intramolecular Hbond substituents is 1. The van der Waals surface area contributed by atoms with Gasteiger partial charge in [0.15, 0.2) is 5.78 Å². The van der Waals surface area contributed by atoms with Gasteiger partial charge in [0.1, 0.15) is 41.7 Å². The lowest BCUT2D eigenvalue weighted by Crippen LogP contribution is -2.63. The molecule has 0 radical (unpaired) electrons. The maximum Gasteiger partial charge on any atom is 0.229 e. The number of benzene rings is 2. The van der Waals surface area contributed by atoms with Gasteiger partial charge in [0.05, 0.1) is 30.6 Å². The highest BCUT2D eigenvalue weighted by atomic mass is 16.7. The number of hydrogen-bond acceptors (Lipinski definition) is 10. The van der Waals surface area contributed by atoms with Crippen LogP contribution in [-0.4, -0.2) is 81.8 Å². The van der Waals surface area contributed by atoms with Gasteiger partial charge in [0.2, 0.25) is 6.29 Å². The Kier molecular flexibility index (Phi) is 7.70. The fourth-order valence-corrected chi connectivity index (χ4v) is 4.85. The molecule has 36 heavy (non-hydrogen) atoms. The van der Waals surface area contributed by atoms with Crippen LogP contribution in [0.3, 0.4) is 0 Å². The maximum atomic E-state index is 13.0. The average molecular weight is 502 g/mol. The Morgan fingerprint density at radius 3 is 2.53 bits per heavy atom. The number of methoxy groups -OCH3 is 1. The lowest BCUT2D eigenvalue weighted by atomic mass is 9.85. The summed E-state index contributed by atoms with van der Waals surface area (Å²) in [6, 6.07) is 4.79. The Bertz CT molecular complexity index is 1200. The zero-order valence-corrected chi connectivity index (χ0v) is 20.0. The molecule has 7 N–H and O–H groups in total. The summed E-state index contributed by atoms with van der Waals surface area (Å²) >= 11 is 0. The van der Waals surface area contributed by atoms with E-state index in [9.17, 15) is 30.3 Å². The molecule has 0 aromatic heterocycles. The molecule has 0 saturated carbocycles. The Labute approximate surface area is 208 Å². The fraction of sp³-hybridized carbons (Fsp3) is 0.500. The number of rotatable bonds is 3. The number of Topliss-reactive ketones (excluding diaryl/α,β-unsaturated/α-hetero) is 1. The molecule has 1 saturated heterocycles. The molecule has 10 nitrogen and oxygen atoms in total. The maximum absolute atomic E-state index is 13.0.